The van der Waals surface area contributed by atoms with Crippen LogP contribution < -0.4 is 10.2 Å². The van der Waals surface area contributed by atoms with E-state index in [2.05, 4.69) is 17.1 Å². The number of benzene rings is 2. The third-order valence-corrected chi connectivity index (χ3v) is 3.42. The van der Waals surface area contributed by atoms with Gasteiger partial charge in [-0.1, -0.05) is 41.9 Å². The van der Waals surface area contributed by atoms with Gasteiger partial charge in [-0.05, 0) is 30.2 Å². The molecular formula is C18H17ClN2O3. The van der Waals surface area contributed by atoms with E-state index in [9.17, 15) is 9.90 Å². The Hall–Kier alpha value is -2.79. The van der Waals surface area contributed by atoms with Gasteiger partial charge < -0.3 is 9.84 Å². The van der Waals surface area contributed by atoms with Crippen LogP contribution in [0.5, 0.6) is 11.5 Å². The van der Waals surface area contributed by atoms with E-state index in [0.717, 1.165) is 5.56 Å². The summed E-state index contributed by atoms with van der Waals surface area (Å²) >= 11 is 5.93. The molecule has 0 unspecified atom stereocenters. The number of nitrogens with one attached hydrogen (secondary N) is 1. The molecule has 0 aliphatic heterocycles. The first-order chi connectivity index (χ1) is 11.6. The molecular weight excluding hydrogens is 328 g/mol. The van der Waals surface area contributed by atoms with Gasteiger partial charge in [0.05, 0.1) is 11.2 Å². The van der Waals surface area contributed by atoms with Gasteiger partial charge in [0, 0.05) is 5.56 Å². The predicted molar refractivity (Wildman–Crippen MR) is 94.7 cm³/mol. The molecule has 0 bridgehead atoms. The summed E-state index contributed by atoms with van der Waals surface area (Å²) in [6.45, 7) is 3.42. The number of ether oxygens (including phenoxy) is 1. The van der Waals surface area contributed by atoms with Crippen molar-refractivity contribution in [1.29, 1.82) is 0 Å². The molecule has 124 valence electrons. The minimum Gasteiger partial charge on any atom is -0.507 e. The van der Waals surface area contributed by atoms with Crippen molar-refractivity contribution in [2.75, 3.05) is 6.61 Å². The van der Waals surface area contributed by atoms with Gasteiger partial charge in [-0.25, -0.2) is 5.43 Å². The van der Waals surface area contributed by atoms with E-state index in [1.807, 2.05) is 0 Å². The average Bonchev–Trinajstić information content (AvgIpc) is 2.57. The summed E-state index contributed by atoms with van der Waals surface area (Å²) in [5.41, 5.74) is 3.57. The lowest BCUT2D eigenvalue weighted by Gasteiger charge is -2.06. The second-order valence-electron chi connectivity index (χ2n) is 4.86. The lowest BCUT2D eigenvalue weighted by Crippen LogP contribution is -2.24. The maximum Gasteiger partial charge on any atom is 0.277 e. The number of carbonyl (C=O) groups excluding carboxylic acids is 1. The molecule has 1 amide bonds. The van der Waals surface area contributed by atoms with Gasteiger partial charge in [-0.2, -0.15) is 5.10 Å². The molecule has 0 aromatic heterocycles. The zero-order chi connectivity index (χ0) is 17.4. The lowest BCUT2D eigenvalue weighted by atomic mass is 10.1. The molecule has 6 heteroatoms. The summed E-state index contributed by atoms with van der Waals surface area (Å²) in [6, 6.07) is 12.2. The van der Waals surface area contributed by atoms with E-state index >= 15 is 0 Å². The number of para-hydroxylation sites is 2. The van der Waals surface area contributed by atoms with Gasteiger partial charge in [0.25, 0.3) is 5.91 Å². The van der Waals surface area contributed by atoms with Crippen molar-refractivity contribution in [3.8, 4) is 11.5 Å². The fraction of sp³-hybridized carbons (Fsp3) is 0.111. The fourth-order valence-corrected chi connectivity index (χ4v) is 2.14. The van der Waals surface area contributed by atoms with Crippen LogP contribution >= 0.6 is 11.6 Å². The Morgan fingerprint density at radius 3 is 2.83 bits per heavy atom. The number of aromatic hydroxyl groups is 1. The molecule has 0 spiro atoms. The van der Waals surface area contributed by atoms with Crippen LogP contribution in [0.25, 0.3) is 0 Å². The SMILES string of the molecule is C=CCc1cccc(/C=N\NC(=O)COc2ccccc2Cl)c1O. The normalized spacial score (nSPS) is 10.5. The molecule has 0 heterocycles. The minimum atomic E-state index is -0.437. The molecule has 2 N–H and O–H groups in total. The fourth-order valence-electron chi connectivity index (χ4n) is 1.95. The summed E-state index contributed by atoms with van der Waals surface area (Å²) in [6.07, 6.45) is 3.62. The van der Waals surface area contributed by atoms with Crippen LogP contribution in [0.4, 0.5) is 0 Å². The van der Waals surface area contributed by atoms with Crippen LogP contribution in [0.1, 0.15) is 11.1 Å². The van der Waals surface area contributed by atoms with Crippen molar-refractivity contribution in [2.24, 2.45) is 5.10 Å². The highest BCUT2D eigenvalue weighted by Crippen LogP contribution is 2.23. The Morgan fingerprint density at radius 1 is 1.29 bits per heavy atom. The summed E-state index contributed by atoms with van der Waals surface area (Å²) < 4.78 is 5.30. The predicted octanol–water partition coefficient (Wildman–Crippen LogP) is 3.30. The lowest BCUT2D eigenvalue weighted by molar-refractivity contribution is -0.123. The van der Waals surface area contributed by atoms with E-state index in [-0.39, 0.29) is 12.4 Å². The van der Waals surface area contributed by atoms with E-state index < -0.39 is 5.91 Å². The van der Waals surface area contributed by atoms with Gasteiger partial charge in [-0.3, -0.25) is 4.79 Å². The van der Waals surface area contributed by atoms with Crippen LogP contribution in [0.2, 0.25) is 5.02 Å². The van der Waals surface area contributed by atoms with E-state index in [4.69, 9.17) is 16.3 Å². The van der Waals surface area contributed by atoms with Crippen molar-refractivity contribution in [1.82, 2.24) is 5.43 Å². The number of carbonyl (C=O) groups is 1. The van der Waals surface area contributed by atoms with Crippen LogP contribution in [-0.2, 0) is 11.2 Å². The highest BCUT2D eigenvalue weighted by atomic mass is 35.5. The van der Waals surface area contributed by atoms with Gasteiger partial charge in [0.2, 0.25) is 0 Å². The van der Waals surface area contributed by atoms with Crippen molar-refractivity contribution in [2.45, 2.75) is 6.42 Å². The maximum absolute atomic E-state index is 11.7. The Bertz CT molecular complexity index is 760. The van der Waals surface area contributed by atoms with Crippen molar-refractivity contribution >= 4 is 23.7 Å². The number of nitrogens with zero attached hydrogens (tertiary/aromatic N) is 1. The van der Waals surface area contributed by atoms with Crippen LogP contribution in [0, 0.1) is 0 Å². The highest BCUT2D eigenvalue weighted by Gasteiger charge is 2.06. The summed E-state index contributed by atoms with van der Waals surface area (Å²) in [7, 11) is 0. The molecule has 0 atom stereocenters. The van der Waals surface area contributed by atoms with Crippen LogP contribution in [-0.4, -0.2) is 23.8 Å². The number of allylic oxidation sites excluding steroid dienone is 1. The molecule has 0 aliphatic carbocycles. The van der Waals surface area contributed by atoms with Gasteiger partial charge in [0.15, 0.2) is 6.61 Å². The van der Waals surface area contributed by atoms with E-state index in [1.165, 1.54) is 6.21 Å². The molecule has 0 aliphatic rings. The third kappa shape index (κ3) is 4.86. The molecule has 2 aromatic carbocycles. The molecule has 0 fully saturated rings. The highest BCUT2D eigenvalue weighted by molar-refractivity contribution is 6.32. The van der Waals surface area contributed by atoms with Gasteiger partial charge in [-0.15, -0.1) is 6.58 Å². The number of hydrazone groups is 1. The first-order valence-corrected chi connectivity index (χ1v) is 7.60. The molecule has 0 saturated carbocycles. The molecule has 0 saturated heterocycles. The number of phenolic OH excluding ortho intramolecular Hbond substituents is 1. The minimum absolute atomic E-state index is 0.114. The van der Waals surface area contributed by atoms with Crippen LogP contribution in [0.15, 0.2) is 60.2 Å². The zero-order valence-electron chi connectivity index (χ0n) is 12.9. The average molecular weight is 345 g/mol. The Balaban J connectivity index is 1.90. The number of hydrogen-bond donors (Lipinski definition) is 2. The molecule has 2 rings (SSSR count). The smallest absolute Gasteiger partial charge is 0.277 e. The Morgan fingerprint density at radius 2 is 2.08 bits per heavy atom. The first-order valence-electron chi connectivity index (χ1n) is 7.22. The monoisotopic (exact) mass is 344 g/mol. The standard InChI is InChI=1S/C18H17ClN2O3/c1-2-6-13-7-5-8-14(18(13)23)11-20-21-17(22)12-24-16-10-4-3-9-15(16)19/h2-5,7-11,23H,1,6,12H2,(H,21,22)/b20-11-. The van der Waals surface area contributed by atoms with Crippen LogP contribution in [0.3, 0.4) is 0 Å². The largest absolute Gasteiger partial charge is 0.507 e. The molecule has 2 aromatic rings. The quantitative estimate of drug-likeness (QED) is 0.460. The van der Waals surface area contributed by atoms with Crippen molar-refractivity contribution in [3.05, 3.63) is 71.3 Å². The molecule has 5 nitrogen and oxygen atoms in total. The second-order valence-corrected chi connectivity index (χ2v) is 5.27. The number of rotatable bonds is 7. The van der Waals surface area contributed by atoms with E-state index in [1.54, 1.807) is 48.5 Å². The van der Waals surface area contributed by atoms with Crippen molar-refractivity contribution in [3.63, 3.8) is 0 Å². The third-order valence-electron chi connectivity index (χ3n) is 3.10. The number of hydrogen-bond acceptors (Lipinski definition) is 4. The van der Waals surface area contributed by atoms with Crippen molar-refractivity contribution < 1.29 is 14.6 Å². The Labute approximate surface area is 145 Å². The summed E-state index contributed by atoms with van der Waals surface area (Å²) in [5, 5.41) is 14.3. The van der Waals surface area contributed by atoms with Gasteiger partial charge >= 0.3 is 0 Å². The van der Waals surface area contributed by atoms with E-state index in [0.29, 0.717) is 22.8 Å². The summed E-state index contributed by atoms with van der Waals surface area (Å²) in [4.78, 5) is 11.7. The number of phenols is 1. The Kier molecular flexibility index (Phi) is 6.40. The maximum atomic E-state index is 11.7. The van der Waals surface area contributed by atoms with Gasteiger partial charge in [0.1, 0.15) is 11.5 Å². The topological polar surface area (TPSA) is 70.9 Å². The summed E-state index contributed by atoms with van der Waals surface area (Å²) in [5.74, 6) is 0.101. The number of amides is 1. The molecule has 24 heavy (non-hydrogen) atoms. The first kappa shape index (κ1) is 17.6. The second kappa shape index (κ2) is 8.74. The zero-order valence-corrected chi connectivity index (χ0v) is 13.7. The number of halogens is 1. The molecule has 0 radical (unpaired) electrons.